The number of anilines is 1. The lowest BCUT2D eigenvalue weighted by molar-refractivity contribution is 0.122. The third kappa shape index (κ3) is 6.84. The molecule has 1 aliphatic heterocycles. The Hall–Kier alpha value is -2.44. The Morgan fingerprint density at radius 1 is 1.10 bits per heavy atom. The van der Waals surface area contributed by atoms with Crippen molar-refractivity contribution in [2.45, 2.75) is 19.6 Å². The Morgan fingerprint density at radius 2 is 1.79 bits per heavy atom. The van der Waals surface area contributed by atoms with Crippen LogP contribution in [-0.4, -0.2) is 52.0 Å². The number of ether oxygens (including phenoxy) is 2. The molecule has 3 rings (SSSR count). The maximum absolute atomic E-state index is 5.90. The molecule has 0 amide bonds. The summed E-state index contributed by atoms with van der Waals surface area (Å²) in [5.74, 6) is 1.54. The number of halogens is 1. The van der Waals surface area contributed by atoms with E-state index in [9.17, 15) is 0 Å². The second-order valence-corrected chi connectivity index (χ2v) is 7.39. The quantitative estimate of drug-likeness (QED) is 0.535. The van der Waals surface area contributed by atoms with Crippen LogP contribution in [0.1, 0.15) is 12.5 Å². The summed E-state index contributed by atoms with van der Waals surface area (Å²) in [6.45, 7) is 6.85. The van der Waals surface area contributed by atoms with Gasteiger partial charge in [0.05, 0.1) is 19.8 Å². The molecule has 2 N–H and O–H groups in total. The third-order valence-corrected chi connectivity index (χ3v) is 4.96. The molecule has 156 valence electrons. The van der Waals surface area contributed by atoms with Gasteiger partial charge in [-0.3, -0.25) is 4.99 Å². The Balaban J connectivity index is 1.42. The number of nitrogens with zero attached hydrogens (tertiary/aromatic N) is 2. The van der Waals surface area contributed by atoms with Gasteiger partial charge in [-0.25, -0.2) is 0 Å². The first-order valence-electron chi connectivity index (χ1n) is 9.92. The smallest absolute Gasteiger partial charge is 0.191 e. The summed E-state index contributed by atoms with van der Waals surface area (Å²) in [5.41, 5.74) is 2.45. The molecule has 6 nitrogen and oxygen atoms in total. The van der Waals surface area contributed by atoms with Crippen LogP contribution >= 0.6 is 11.6 Å². The van der Waals surface area contributed by atoms with E-state index in [4.69, 9.17) is 21.1 Å². The molecule has 1 heterocycles. The molecule has 2 aromatic carbocycles. The molecule has 0 aliphatic carbocycles. The first kappa shape index (κ1) is 21.3. The number of hydrogen-bond donors (Lipinski definition) is 2. The first-order valence-corrected chi connectivity index (χ1v) is 10.3. The molecule has 1 atom stereocenters. The van der Waals surface area contributed by atoms with Crippen molar-refractivity contribution in [1.82, 2.24) is 10.6 Å². The minimum absolute atomic E-state index is 0.0115. The number of morpholine rings is 1. The van der Waals surface area contributed by atoms with Crippen LogP contribution in [0.2, 0.25) is 5.02 Å². The van der Waals surface area contributed by atoms with Crippen LogP contribution in [0, 0.1) is 0 Å². The number of hydrogen-bond acceptors (Lipinski definition) is 4. The number of aliphatic imine (C=N–C) groups is 1. The second kappa shape index (κ2) is 10.9. The summed E-state index contributed by atoms with van der Waals surface area (Å²) in [7, 11) is 1.77. The maximum atomic E-state index is 5.90. The van der Waals surface area contributed by atoms with Crippen molar-refractivity contribution in [2.24, 2.45) is 4.99 Å². The highest BCUT2D eigenvalue weighted by Crippen LogP contribution is 2.17. The topological polar surface area (TPSA) is 58.1 Å². The Bertz CT molecular complexity index is 774. The maximum Gasteiger partial charge on any atom is 0.191 e. The summed E-state index contributed by atoms with van der Waals surface area (Å²) in [6.07, 6.45) is -0.0115. The van der Waals surface area contributed by atoms with Crippen LogP contribution in [0.3, 0.4) is 0 Å². The van der Waals surface area contributed by atoms with Crippen molar-refractivity contribution < 1.29 is 9.47 Å². The van der Waals surface area contributed by atoms with Gasteiger partial charge in [0.1, 0.15) is 11.9 Å². The summed E-state index contributed by atoms with van der Waals surface area (Å²) < 4.78 is 11.3. The zero-order chi connectivity index (χ0) is 20.5. The van der Waals surface area contributed by atoms with E-state index in [-0.39, 0.29) is 6.10 Å². The van der Waals surface area contributed by atoms with Crippen molar-refractivity contribution in [2.75, 3.05) is 44.8 Å². The Kier molecular flexibility index (Phi) is 8.02. The van der Waals surface area contributed by atoms with Crippen molar-refractivity contribution in [3.63, 3.8) is 0 Å². The zero-order valence-electron chi connectivity index (χ0n) is 17.0. The number of rotatable bonds is 7. The van der Waals surface area contributed by atoms with Crippen molar-refractivity contribution in [3.05, 3.63) is 59.1 Å². The highest BCUT2D eigenvalue weighted by Gasteiger charge is 2.11. The summed E-state index contributed by atoms with van der Waals surface area (Å²) >= 11 is 5.90. The standard InChI is InChI=1S/C22H29ClN4O2/c1-17(29-21-9-5-19(23)6-10-21)15-25-22(24-2)26-16-18-3-7-20(8-4-18)27-11-13-28-14-12-27/h3-10,17H,11-16H2,1-2H3,(H2,24,25,26). The van der Waals surface area contributed by atoms with Crippen molar-refractivity contribution in [1.29, 1.82) is 0 Å². The molecule has 1 aliphatic rings. The lowest BCUT2D eigenvalue weighted by Gasteiger charge is -2.29. The van der Waals surface area contributed by atoms with Crippen molar-refractivity contribution in [3.8, 4) is 5.75 Å². The average molecular weight is 417 g/mol. The van der Waals surface area contributed by atoms with Gasteiger partial charge in [0.2, 0.25) is 0 Å². The molecule has 7 heteroatoms. The second-order valence-electron chi connectivity index (χ2n) is 6.95. The van der Waals surface area contributed by atoms with Gasteiger partial charge in [0.25, 0.3) is 0 Å². The van der Waals surface area contributed by atoms with E-state index in [2.05, 4.69) is 44.8 Å². The largest absolute Gasteiger partial charge is 0.489 e. The molecular weight excluding hydrogens is 388 g/mol. The number of benzene rings is 2. The fraction of sp³-hybridized carbons (Fsp3) is 0.409. The van der Waals surface area contributed by atoms with E-state index in [1.54, 1.807) is 7.05 Å². The van der Waals surface area contributed by atoms with Gasteiger partial charge in [0.15, 0.2) is 5.96 Å². The summed E-state index contributed by atoms with van der Waals surface area (Å²) in [5, 5.41) is 7.34. The molecule has 29 heavy (non-hydrogen) atoms. The molecule has 1 unspecified atom stereocenters. The molecular formula is C22H29ClN4O2. The normalized spacial score (nSPS) is 15.7. The predicted molar refractivity (Wildman–Crippen MR) is 119 cm³/mol. The van der Waals surface area contributed by atoms with Crippen LogP contribution in [0.25, 0.3) is 0 Å². The minimum atomic E-state index is -0.0115. The van der Waals surface area contributed by atoms with Gasteiger partial charge in [-0.2, -0.15) is 0 Å². The summed E-state index contributed by atoms with van der Waals surface area (Å²) in [6, 6.07) is 16.0. The lowest BCUT2D eigenvalue weighted by Crippen LogP contribution is -2.41. The molecule has 0 saturated carbocycles. The third-order valence-electron chi connectivity index (χ3n) is 4.70. The summed E-state index contributed by atoms with van der Waals surface area (Å²) in [4.78, 5) is 6.63. The van der Waals surface area contributed by atoms with E-state index in [0.717, 1.165) is 38.0 Å². The van der Waals surface area contributed by atoms with Crippen molar-refractivity contribution >= 4 is 23.2 Å². The molecule has 1 fully saturated rings. The number of nitrogens with one attached hydrogen (secondary N) is 2. The van der Waals surface area contributed by atoms with E-state index in [0.29, 0.717) is 18.1 Å². The average Bonchev–Trinajstić information content (AvgIpc) is 2.76. The van der Waals surface area contributed by atoms with E-state index < -0.39 is 0 Å². The van der Waals surface area contributed by atoms with Gasteiger partial charge in [-0.1, -0.05) is 23.7 Å². The fourth-order valence-corrected chi connectivity index (χ4v) is 3.21. The van der Waals surface area contributed by atoms with Crippen LogP contribution in [0.5, 0.6) is 5.75 Å². The molecule has 0 bridgehead atoms. The van der Waals surface area contributed by atoms with Crippen LogP contribution in [0.15, 0.2) is 53.5 Å². The highest BCUT2D eigenvalue weighted by atomic mass is 35.5. The highest BCUT2D eigenvalue weighted by molar-refractivity contribution is 6.30. The van der Waals surface area contributed by atoms with E-state index in [1.807, 2.05) is 31.2 Å². The van der Waals surface area contributed by atoms with Gasteiger partial charge >= 0.3 is 0 Å². The van der Waals surface area contributed by atoms with Gasteiger partial charge < -0.3 is 25.0 Å². The van der Waals surface area contributed by atoms with E-state index >= 15 is 0 Å². The molecule has 2 aromatic rings. The van der Waals surface area contributed by atoms with Crippen LogP contribution in [-0.2, 0) is 11.3 Å². The lowest BCUT2D eigenvalue weighted by atomic mass is 10.2. The monoisotopic (exact) mass is 416 g/mol. The fourth-order valence-electron chi connectivity index (χ4n) is 3.08. The molecule has 0 spiro atoms. The van der Waals surface area contributed by atoms with Crippen LogP contribution in [0.4, 0.5) is 5.69 Å². The Labute approximate surface area is 177 Å². The van der Waals surface area contributed by atoms with Gasteiger partial charge in [-0.05, 0) is 48.9 Å². The van der Waals surface area contributed by atoms with Gasteiger partial charge in [-0.15, -0.1) is 0 Å². The minimum Gasteiger partial charge on any atom is -0.489 e. The SMILES string of the molecule is CN=C(NCc1ccc(N2CCOCC2)cc1)NCC(C)Oc1ccc(Cl)cc1. The first-order chi connectivity index (χ1) is 14.1. The molecule has 0 radical (unpaired) electrons. The molecule has 1 saturated heterocycles. The predicted octanol–water partition coefficient (Wildman–Crippen LogP) is 3.31. The van der Waals surface area contributed by atoms with E-state index in [1.165, 1.54) is 11.3 Å². The molecule has 0 aromatic heterocycles. The zero-order valence-corrected chi connectivity index (χ0v) is 17.8. The van der Waals surface area contributed by atoms with Gasteiger partial charge in [0, 0.05) is 37.4 Å². The van der Waals surface area contributed by atoms with Crippen LogP contribution < -0.4 is 20.3 Å². The number of guanidine groups is 1. The Morgan fingerprint density at radius 3 is 2.45 bits per heavy atom.